The summed E-state index contributed by atoms with van der Waals surface area (Å²) in [5, 5.41) is -0.0159. The molecule has 2 atom stereocenters. The molecule has 1 N–H and O–H groups in total. The third-order valence-electron chi connectivity index (χ3n) is 1.71. The van der Waals surface area contributed by atoms with Gasteiger partial charge in [-0.15, -0.1) is 11.6 Å². The first-order valence-electron chi connectivity index (χ1n) is 4.07. The Balaban J connectivity index is 2.59. The predicted molar refractivity (Wildman–Crippen MR) is 55.1 cm³/mol. The second kappa shape index (κ2) is 4.65. The molecule has 12 heavy (non-hydrogen) atoms. The molecule has 1 aromatic carbocycles. The summed E-state index contributed by atoms with van der Waals surface area (Å²) in [4.78, 5) is 9.24. The highest BCUT2D eigenvalue weighted by Gasteiger charge is 2.10. The summed E-state index contributed by atoms with van der Waals surface area (Å²) in [5.74, 6) is 0. The molecule has 0 amide bonds. The fraction of sp³-hybridized carbons (Fsp3) is 0.333. The molecular weight excluding hydrogens is 188 g/mol. The minimum absolute atomic E-state index is 0.0159. The molecule has 0 aliphatic heterocycles. The average Bonchev–Trinajstić information content (AvgIpc) is 2.05. The summed E-state index contributed by atoms with van der Waals surface area (Å²) in [6.07, 6.45) is 0. The highest BCUT2D eigenvalue weighted by atomic mass is 35.5. The maximum atomic E-state index is 9.24. The van der Waals surface area contributed by atoms with E-state index in [2.05, 4.69) is 0 Å². The van der Waals surface area contributed by atoms with Gasteiger partial charge in [0.15, 0.2) is 9.04 Å². The van der Waals surface area contributed by atoms with E-state index < -0.39 is 9.04 Å². The van der Waals surface area contributed by atoms with E-state index in [9.17, 15) is 4.80 Å². The lowest BCUT2D eigenvalue weighted by Gasteiger charge is -2.09. The highest BCUT2D eigenvalue weighted by Crippen LogP contribution is 2.24. The monoisotopic (exact) mass is 200 g/mol. The van der Waals surface area contributed by atoms with Crippen LogP contribution in [-0.4, -0.2) is 13.8 Å². The molecule has 0 fully saturated rings. The van der Waals surface area contributed by atoms with Crippen molar-refractivity contribution in [3.05, 3.63) is 35.9 Å². The topological polar surface area (TPSA) is 20.2 Å². The van der Waals surface area contributed by atoms with Gasteiger partial charge in [-0.3, -0.25) is 0 Å². The molecular formula is C9H13ClOSi. The summed E-state index contributed by atoms with van der Waals surface area (Å²) in [7, 11) is -1.53. The Kier molecular flexibility index (Phi) is 3.79. The van der Waals surface area contributed by atoms with Crippen molar-refractivity contribution in [3.63, 3.8) is 0 Å². The summed E-state index contributed by atoms with van der Waals surface area (Å²) < 4.78 is 0. The minimum atomic E-state index is -1.53. The lowest BCUT2D eigenvalue weighted by Crippen LogP contribution is -2.08. The van der Waals surface area contributed by atoms with Crippen molar-refractivity contribution in [1.29, 1.82) is 0 Å². The van der Waals surface area contributed by atoms with Crippen molar-refractivity contribution >= 4 is 20.6 Å². The highest BCUT2D eigenvalue weighted by molar-refractivity contribution is 6.50. The Bertz CT molecular complexity index is 225. The number of rotatable bonds is 3. The molecule has 1 nitrogen and oxygen atoms in total. The molecule has 0 bridgehead atoms. The third kappa shape index (κ3) is 2.97. The van der Waals surface area contributed by atoms with Gasteiger partial charge in [0.25, 0.3) is 0 Å². The second-order valence-electron chi connectivity index (χ2n) is 2.96. The van der Waals surface area contributed by atoms with Gasteiger partial charge >= 0.3 is 0 Å². The van der Waals surface area contributed by atoms with E-state index >= 15 is 0 Å². The van der Waals surface area contributed by atoms with Crippen LogP contribution in [0.15, 0.2) is 30.3 Å². The van der Waals surface area contributed by atoms with Crippen LogP contribution in [0, 0.1) is 0 Å². The Labute approximate surface area is 79.7 Å². The van der Waals surface area contributed by atoms with Crippen LogP contribution in [0.3, 0.4) is 0 Å². The molecule has 0 saturated heterocycles. The standard InChI is InChI=1S/C9H13ClOSi/c1-12(11)7-9(10)8-5-3-2-4-6-8/h2-6,9,11-12H,7H2,1H3. The molecule has 0 saturated carbocycles. The van der Waals surface area contributed by atoms with Gasteiger partial charge in [-0.2, -0.15) is 0 Å². The van der Waals surface area contributed by atoms with Crippen molar-refractivity contribution < 1.29 is 4.80 Å². The molecule has 3 heteroatoms. The van der Waals surface area contributed by atoms with Crippen molar-refractivity contribution in [2.75, 3.05) is 0 Å². The van der Waals surface area contributed by atoms with Gasteiger partial charge in [-0.25, -0.2) is 0 Å². The van der Waals surface area contributed by atoms with Gasteiger partial charge in [0.1, 0.15) is 0 Å². The Hall–Kier alpha value is -0.313. The molecule has 0 aliphatic carbocycles. The van der Waals surface area contributed by atoms with E-state index in [0.717, 1.165) is 11.6 Å². The van der Waals surface area contributed by atoms with Gasteiger partial charge in [0.2, 0.25) is 0 Å². The van der Waals surface area contributed by atoms with Gasteiger partial charge in [0, 0.05) is 0 Å². The molecule has 0 heterocycles. The second-order valence-corrected chi connectivity index (χ2v) is 5.66. The summed E-state index contributed by atoms with van der Waals surface area (Å²) in [6, 6.07) is 10.6. The Morgan fingerprint density at radius 1 is 1.42 bits per heavy atom. The zero-order valence-corrected chi connectivity index (χ0v) is 8.98. The number of hydrogen-bond donors (Lipinski definition) is 1. The molecule has 0 aromatic heterocycles. The largest absolute Gasteiger partial charge is 0.435 e. The van der Waals surface area contributed by atoms with E-state index in [4.69, 9.17) is 11.6 Å². The molecule has 0 radical (unpaired) electrons. The van der Waals surface area contributed by atoms with E-state index in [1.807, 2.05) is 36.9 Å². The molecule has 1 rings (SSSR count). The van der Waals surface area contributed by atoms with Crippen LogP contribution in [0.2, 0.25) is 12.6 Å². The molecule has 0 spiro atoms. The fourth-order valence-electron chi connectivity index (χ4n) is 1.10. The first-order valence-corrected chi connectivity index (χ1v) is 6.99. The predicted octanol–water partition coefficient (Wildman–Crippen LogP) is 2.31. The number of hydrogen-bond acceptors (Lipinski definition) is 1. The van der Waals surface area contributed by atoms with Crippen LogP contribution in [0.1, 0.15) is 10.9 Å². The maximum Gasteiger partial charge on any atom is 0.171 e. The zero-order chi connectivity index (χ0) is 8.97. The maximum absolute atomic E-state index is 9.24. The van der Waals surface area contributed by atoms with Crippen molar-refractivity contribution in [1.82, 2.24) is 0 Å². The zero-order valence-electron chi connectivity index (χ0n) is 7.07. The first-order chi connectivity index (χ1) is 5.70. The van der Waals surface area contributed by atoms with Crippen LogP contribution in [0.4, 0.5) is 0 Å². The van der Waals surface area contributed by atoms with Crippen LogP contribution in [0.5, 0.6) is 0 Å². The summed E-state index contributed by atoms with van der Waals surface area (Å²) in [5.41, 5.74) is 1.10. The van der Waals surface area contributed by atoms with Crippen molar-refractivity contribution in [2.45, 2.75) is 18.0 Å². The molecule has 66 valence electrons. The first kappa shape index (κ1) is 9.77. The summed E-state index contributed by atoms with van der Waals surface area (Å²) in [6.45, 7) is 1.89. The SMILES string of the molecule is C[SiH](O)CC(Cl)c1ccccc1. The van der Waals surface area contributed by atoms with Crippen LogP contribution in [0.25, 0.3) is 0 Å². The molecule has 0 aliphatic rings. The molecule has 1 aromatic rings. The Morgan fingerprint density at radius 3 is 2.50 bits per heavy atom. The van der Waals surface area contributed by atoms with Gasteiger partial charge in [-0.1, -0.05) is 30.3 Å². The smallest absolute Gasteiger partial charge is 0.171 e. The normalized spacial score (nSPS) is 15.6. The van der Waals surface area contributed by atoms with Crippen molar-refractivity contribution in [3.8, 4) is 0 Å². The fourth-order valence-corrected chi connectivity index (χ4v) is 2.89. The number of alkyl halides is 1. The quantitative estimate of drug-likeness (QED) is 0.587. The van der Waals surface area contributed by atoms with Gasteiger partial charge in [-0.05, 0) is 18.2 Å². The van der Waals surface area contributed by atoms with E-state index in [1.54, 1.807) is 0 Å². The number of halogens is 1. The molecule has 2 unspecified atom stereocenters. The third-order valence-corrected chi connectivity index (χ3v) is 3.59. The van der Waals surface area contributed by atoms with E-state index in [-0.39, 0.29) is 5.38 Å². The van der Waals surface area contributed by atoms with Crippen LogP contribution in [-0.2, 0) is 0 Å². The van der Waals surface area contributed by atoms with Gasteiger partial charge in [0.05, 0.1) is 5.38 Å². The minimum Gasteiger partial charge on any atom is -0.435 e. The lowest BCUT2D eigenvalue weighted by molar-refractivity contribution is 0.574. The van der Waals surface area contributed by atoms with Crippen molar-refractivity contribution in [2.24, 2.45) is 0 Å². The number of benzene rings is 1. The van der Waals surface area contributed by atoms with Crippen LogP contribution < -0.4 is 0 Å². The van der Waals surface area contributed by atoms with E-state index in [0.29, 0.717) is 0 Å². The average molecular weight is 201 g/mol. The lowest BCUT2D eigenvalue weighted by atomic mass is 10.2. The summed E-state index contributed by atoms with van der Waals surface area (Å²) >= 11 is 6.08. The Morgan fingerprint density at radius 2 is 2.00 bits per heavy atom. The van der Waals surface area contributed by atoms with E-state index in [1.165, 1.54) is 0 Å². The van der Waals surface area contributed by atoms with Gasteiger partial charge < -0.3 is 4.80 Å². The van der Waals surface area contributed by atoms with Crippen LogP contribution >= 0.6 is 11.6 Å².